The Morgan fingerprint density at radius 2 is 1.40 bits per heavy atom. The highest BCUT2D eigenvalue weighted by Crippen LogP contribution is 2.41. The monoisotopic (exact) mass is 212 g/mol. The van der Waals surface area contributed by atoms with E-state index in [0.29, 0.717) is 0 Å². The summed E-state index contributed by atoms with van der Waals surface area (Å²) in [5, 5.41) is 0. The zero-order valence-electron chi connectivity index (χ0n) is 11.6. The van der Waals surface area contributed by atoms with Crippen molar-refractivity contribution in [3.8, 4) is 0 Å². The van der Waals surface area contributed by atoms with Crippen LogP contribution < -0.4 is 0 Å². The van der Waals surface area contributed by atoms with E-state index in [4.69, 9.17) is 0 Å². The van der Waals surface area contributed by atoms with Crippen LogP contribution in [0.2, 0.25) is 0 Å². The van der Waals surface area contributed by atoms with Gasteiger partial charge in [-0.15, -0.1) is 0 Å². The van der Waals surface area contributed by atoms with E-state index in [1.54, 1.807) is 0 Å². The molecular weight excluding hydrogens is 180 g/mol. The number of rotatable bonds is 6. The molecule has 0 heterocycles. The maximum Gasteiger partial charge on any atom is -0.0326 e. The molecule has 1 aliphatic rings. The van der Waals surface area contributed by atoms with Crippen molar-refractivity contribution in [2.45, 2.75) is 91.9 Å². The lowest BCUT2D eigenvalue weighted by Crippen LogP contribution is -2.10. The van der Waals surface area contributed by atoms with E-state index in [2.05, 4.69) is 13.8 Å². The molecule has 1 rings (SSSR count). The predicted molar refractivity (Wildman–Crippen MR) is 71.3 cm³/mol. The molecule has 1 fully saturated rings. The van der Waals surface area contributed by atoms with Crippen LogP contribution in [-0.2, 0) is 0 Å². The molecule has 0 radical (unpaired) electrons. The lowest BCUT2D eigenvalue weighted by atomic mass is 9.83. The van der Waals surface area contributed by atoms with Crippen LogP contribution in [0.1, 0.15) is 91.9 Å². The molecular formula is C15H32. The maximum atomic E-state index is 2.50. The lowest BCUT2D eigenvalue weighted by Gasteiger charge is -2.22. The summed E-state index contributed by atoms with van der Waals surface area (Å²) in [6.07, 6.45) is 14.7. The molecule has 0 atom stereocenters. The summed E-state index contributed by atoms with van der Waals surface area (Å²) in [6, 6.07) is 0. The van der Waals surface area contributed by atoms with E-state index in [-0.39, 0.29) is 0 Å². The molecule has 0 bridgehead atoms. The van der Waals surface area contributed by atoms with Crippen molar-refractivity contribution >= 4 is 0 Å². The predicted octanol–water partition coefficient (Wildman–Crippen LogP) is 5.95. The average Bonchev–Trinajstić information content (AvgIpc) is 2.68. The third-order valence-corrected chi connectivity index (χ3v) is 3.69. The second-order valence-corrected chi connectivity index (χ2v) is 5.18. The molecule has 0 amide bonds. The van der Waals surface area contributed by atoms with Crippen molar-refractivity contribution in [1.29, 1.82) is 0 Å². The fourth-order valence-electron chi connectivity index (χ4n) is 2.63. The fraction of sp³-hybridized carbons (Fsp3) is 1.00. The van der Waals surface area contributed by atoms with E-state index < -0.39 is 0 Å². The maximum absolute atomic E-state index is 2.50. The molecule has 15 heavy (non-hydrogen) atoms. The highest BCUT2D eigenvalue weighted by atomic mass is 14.3. The first-order valence-corrected chi connectivity index (χ1v) is 7.27. The molecule has 0 aromatic rings. The van der Waals surface area contributed by atoms with Gasteiger partial charge in [-0.1, -0.05) is 72.6 Å². The van der Waals surface area contributed by atoms with Gasteiger partial charge in [0, 0.05) is 0 Å². The Morgan fingerprint density at radius 1 is 0.867 bits per heavy atom. The molecule has 0 aromatic heterocycles. The Balaban J connectivity index is 0.000000921. The average molecular weight is 212 g/mol. The van der Waals surface area contributed by atoms with Gasteiger partial charge in [0.05, 0.1) is 0 Å². The van der Waals surface area contributed by atoms with Crippen LogP contribution in [0.3, 0.4) is 0 Å². The first-order valence-electron chi connectivity index (χ1n) is 7.27. The molecule has 0 unspecified atom stereocenters. The summed E-state index contributed by atoms with van der Waals surface area (Å²) >= 11 is 0. The van der Waals surface area contributed by atoms with Gasteiger partial charge < -0.3 is 0 Å². The standard InChI is InChI=1S/C13H26.C2H6/c1-3-4-5-6-7-10-13(2)11-8-9-12-13;1-2/h3-12H2,1-2H3;1-2H3. The third-order valence-electron chi connectivity index (χ3n) is 3.69. The van der Waals surface area contributed by atoms with E-state index in [1.807, 2.05) is 13.8 Å². The van der Waals surface area contributed by atoms with Crippen LogP contribution in [-0.4, -0.2) is 0 Å². The lowest BCUT2D eigenvalue weighted by molar-refractivity contribution is 0.294. The molecule has 92 valence electrons. The molecule has 0 aromatic carbocycles. The van der Waals surface area contributed by atoms with E-state index in [1.165, 1.54) is 64.2 Å². The van der Waals surface area contributed by atoms with Gasteiger partial charge in [0.15, 0.2) is 0 Å². The van der Waals surface area contributed by atoms with E-state index in [0.717, 1.165) is 5.41 Å². The SMILES string of the molecule is CC.CCCCCCCC1(C)CCCC1. The van der Waals surface area contributed by atoms with E-state index >= 15 is 0 Å². The Morgan fingerprint density at radius 3 is 1.93 bits per heavy atom. The second-order valence-electron chi connectivity index (χ2n) is 5.18. The van der Waals surface area contributed by atoms with Crippen LogP contribution in [0.25, 0.3) is 0 Å². The number of hydrogen-bond acceptors (Lipinski definition) is 0. The largest absolute Gasteiger partial charge is 0.0683 e. The summed E-state index contributed by atoms with van der Waals surface area (Å²) < 4.78 is 0. The van der Waals surface area contributed by atoms with Gasteiger partial charge >= 0.3 is 0 Å². The molecule has 0 spiro atoms. The van der Waals surface area contributed by atoms with Gasteiger partial charge in [-0.05, 0) is 24.7 Å². The van der Waals surface area contributed by atoms with Gasteiger partial charge in [-0.25, -0.2) is 0 Å². The quantitative estimate of drug-likeness (QED) is 0.477. The van der Waals surface area contributed by atoms with Crippen LogP contribution in [0.5, 0.6) is 0 Å². The Labute approximate surface area is 97.8 Å². The first kappa shape index (κ1) is 15.0. The van der Waals surface area contributed by atoms with Gasteiger partial charge in [-0.2, -0.15) is 0 Å². The molecule has 0 nitrogen and oxygen atoms in total. The van der Waals surface area contributed by atoms with Crippen molar-refractivity contribution in [1.82, 2.24) is 0 Å². The van der Waals surface area contributed by atoms with Crippen LogP contribution in [0.4, 0.5) is 0 Å². The Kier molecular flexibility index (Phi) is 9.24. The molecule has 1 aliphatic carbocycles. The molecule has 0 saturated heterocycles. The zero-order valence-corrected chi connectivity index (χ0v) is 11.6. The van der Waals surface area contributed by atoms with Gasteiger partial charge in [0.25, 0.3) is 0 Å². The smallest absolute Gasteiger partial charge is 0.0326 e. The normalized spacial score (nSPS) is 18.4. The molecule has 0 heteroatoms. The molecule has 1 saturated carbocycles. The molecule has 0 N–H and O–H groups in total. The molecule has 0 aliphatic heterocycles. The van der Waals surface area contributed by atoms with Gasteiger partial charge in [0.2, 0.25) is 0 Å². The summed E-state index contributed by atoms with van der Waals surface area (Å²) in [6.45, 7) is 8.79. The topological polar surface area (TPSA) is 0 Å². The van der Waals surface area contributed by atoms with Crippen LogP contribution in [0, 0.1) is 5.41 Å². The fourth-order valence-corrected chi connectivity index (χ4v) is 2.63. The van der Waals surface area contributed by atoms with Gasteiger partial charge in [0.1, 0.15) is 0 Å². The summed E-state index contributed by atoms with van der Waals surface area (Å²) in [7, 11) is 0. The Bertz CT molecular complexity index is 120. The highest BCUT2D eigenvalue weighted by Gasteiger charge is 2.27. The summed E-state index contributed by atoms with van der Waals surface area (Å²) in [5.74, 6) is 0. The number of hydrogen-bond donors (Lipinski definition) is 0. The summed E-state index contributed by atoms with van der Waals surface area (Å²) in [4.78, 5) is 0. The Hall–Kier alpha value is 0. The van der Waals surface area contributed by atoms with E-state index in [9.17, 15) is 0 Å². The highest BCUT2D eigenvalue weighted by molar-refractivity contribution is 4.79. The number of unbranched alkanes of at least 4 members (excludes halogenated alkanes) is 4. The third kappa shape index (κ3) is 6.98. The van der Waals surface area contributed by atoms with Gasteiger partial charge in [-0.3, -0.25) is 0 Å². The summed E-state index contributed by atoms with van der Waals surface area (Å²) in [5.41, 5.74) is 0.742. The first-order chi connectivity index (χ1) is 7.27. The minimum absolute atomic E-state index is 0.742. The van der Waals surface area contributed by atoms with Crippen LogP contribution >= 0.6 is 0 Å². The zero-order chi connectivity index (χ0) is 11.6. The minimum atomic E-state index is 0.742. The van der Waals surface area contributed by atoms with Crippen molar-refractivity contribution in [3.05, 3.63) is 0 Å². The van der Waals surface area contributed by atoms with Crippen molar-refractivity contribution in [2.24, 2.45) is 5.41 Å². The minimum Gasteiger partial charge on any atom is -0.0683 e. The van der Waals surface area contributed by atoms with Crippen LogP contribution in [0.15, 0.2) is 0 Å². The second kappa shape index (κ2) is 9.24. The van der Waals surface area contributed by atoms with Crippen molar-refractivity contribution in [3.63, 3.8) is 0 Å². The van der Waals surface area contributed by atoms with Crippen molar-refractivity contribution in [2.75, 3.05) is 0 Å². The van der Waals surface area contributed by atoms with Crippen molar-refractivity contribution < 1.29 is 0 Å².